The molecule has 0 fully saturated rings. The van der Waals surface area contributed by atoms with Crippen LogP contribution in [-0.4, -0.2) is 36.9 Å². The van der Waals surface area contributed by atoms with Crippen LogP contribution in [0.4, 0.5) is 5.69 Å². The number of fused-ring (bicyclic) bond motifs is 1. The molecule has 0 saturated heterocycles. The van der Waals surface area contributed by atoms with Crippen molar-refractivity contribution in [3.05, 3.63) is 64.6 Å². The summed E-state index contributed by atoms with van der Waals surface area (Å²) in [4.78, 5) is 27.7. The molecule has 0 atom stereocenters. The van der Waals surface area contributed by atoms with Gasteiger partial charge < -0.3 is 9.73 Å². The number of aromatic amines is 1. The first kappa shape index (κ1) is 18.6. The number of nitrogens with zero attached hydrogens (tertiary/aromatic N) is 2. The van der Waals surface area contributed by atoms with Crippen LogP contribution in [0.15, 0.2) is 67.6 Å². The third kappa shape index (κ3) is 3.80. The van der Waals surface area contributed by atoms with Crippen molar-refractivity contribution in [1.29, 1.82) is 0 Å². The van der Waals surface area contributed by atoms with Gasteiger partial charge in [-0.25, -0.2) is 23.3 Å². The Labute approximate surface area is 164 Å². The van der Waals surface area contributed by atoms with Crippen LogP contribution < -0.4 is 15.8 Å². The van der Waals surface area contributed by atoms with E-state index in [1.807, 2.05) is 12.1 Å². The van der Waals surface area contributed by atoms with E-state index in [9.17, 15) is 18.0 Å². The van der Waals surface area contributed by atoms with E-state index in [0.29, 0.717) is 12.0 Å². The molecular formula is C18H15N5O5S. The second kappa shape index (κ2) is 7.36. The van der Waals surface area contributed by atoms with E-state index in [-0.39, 0.29) is 28.9 Å². The SMILES string of the molecule is O=C(NCCc1ccccc1-c1n[nH]c(=O)o1)C1=Nc2ccccc2S(=O)(=O)N1. The van der Waals surface area contributed by atoms with Crippen LogP contribution in [0, 0.1) is 0 Å². The fraction of sp³-hybridized carbons (Fsp3) is 0.111. The fourth-order valence-electron chi connectivity index (χ4n) is 2.89. The molecule has 1 aromatic heterocycles. The van der Waals surface area contributed by atoms with Gasteiger partial charge in [-0.15, -0.1) is 5.10 Å². The number of rotatable bonds is 5. The lowest BCUT2D eigenvalue weighted by molar-refractivity contribution is -0.114. The predicted molar refractivity (Wildman–Crippen MR) is 103 cm³/mol. The van der Waals surface area contributed by atoms with Gasteiger partial charge in [0.1, 0.15) is 4.90 Å². The van der Waals surface area contributed by atoms with Crippen molar-refractivity contribution in [2.24, 2.45) is 4.99 Å². The molecule has 0 saturated carbocycles. The summed E-state index contributed by atoms with van der Waals surface area (Å²) in [6, 6.07) is 13.3. The number of para-hydroxylation sites is 1. The van der Waals surface area contributed by atoms with Crippen molar-refractivity contribution in [3.8, 4) is 11.5 Å². The first-order valence-corrected chi connectivity index (χ1v) is 10.0. The number of aromatic nitrogens is 2. The number of carbonyl (C=O) groups is 1. The topological polar surface area (TPSA) is 147 Å². The molecule has 0 aliphatic carbocycles. The highest BCUT2D eigenvalue weighted by atomic mass is 32.2. The van der Waals surface area contributed by atoms with Gasteiger partial charge in [0, 0.05) is 12.1 Å². The molecule has 1 amide bonds. The third-order valence-electron chi connectivity index (χ3n) is 4.20. The quantitative estimate of drug-likeness (QED) is 0.561. The lowest BCUT2D eigenvalue weighted by Crippen LogP contribution is -2.44. The molecule has 3 N–H and O–H groups in total. The third-order valence-corrected chi connectivity index (χ3v) is 5.59. The molecule has 1 aliphatic rings. The van der Waals surface area contributed by atoms with Crippen LogP contribution in [0.5, 0.6) is 0 Å². The van der Waals surface area contributed by atoms with Gasteiger partial charge in [0.05, 0.1) is 5.69 Å². The predicted octanol–water partition coefficient (Wildman–Crippen LogP) is 0.711. The van der Waals surface area contributed by atoms with Crippen LogP contribution in [-0.2, 0) is 21.2 Å². The van der Waals surface area contributed by atoms with Crippen LogP contribution >= 0.6 is 0 Å². The maximum Gasteiger partial charge on any atom is 0.434 e. The van der Waals surface area contributed by atoms with Gasteiger partial charge in [0.15, 0.2) is 0 Å². The average molecular weight is 413 g/mol. The Bertz CT molecular complexity index is 1280. The van der Waals surface area contributed by atoms with Crippen molar-refractivity contribution in [2.45, 2.75) is 11.3 Å². The van der Waals surface area contributed by atoms with E-state index >= 15 is 0 Å². The lowest BCUT2D eigenvalue weighted by Gasteiger charge is -2.17. The van der Waals surface area contributed by atoms with Gasteiger partial charge in [-0.3, -0.25) is 9.52 Å². The Morgan fingerprint density at radius 3 is 2.66 bits per heavy atom. The fourth-order valence-corrected chi connectivity index (χ4v) is 4.04. The molecule has 4 rings (SSSR count). The Morgan fingerprint density at radius 2 is 1.86 bits per heavy atom. The van der Waals surface area contributed by atoms with Gasteiger partial charge in [0.2, 0.25) is 11.7 Å². The molecule has 148 valence electrons. The minimum absolute atomic E-state index is 0.0194. The number of amides is 1. The van der Waals surface area contributed by atoms with Gasteiger partial charge >= 0.3 is 5.76 Å². The second-order valence-electron chi connectivity index (χ2n) is 6.11. The van der Waals surface area contributed by atoms with Crippen molar-refractivity contribution in [1.82, 2.24) is 20.2 Å². The van der Waals surface area contributed by atoms with Crippen LogP contribution in [0.2, 0.25) is 0 Å². The lowest BCUT2D eigenvalue weighted by atomic mass is 10.0. The van der Waals surface area contributed by atoms with Gasteiger partial charge in [0.25, 0.3) is 15.9 Å². The van der Waals surface area contributed by atoms with Crippen molar-refractivity contribution in [2.75, 3.05) is 6.54 Å². The largest absolute Gasteiger partial charge is 0.434 e. The molecule has 2 aromatic carbocycles. The molecule has 10 nitrogen and oxygen atoms in total. The Balaban J connectivity index is 1.47. The van der Waals surface area contributed by atoms with E-state index in [0.717, 1.165) is 5.56 Å². The number of H-pyrrole nitrogens is 1. The van der Waals surface area contributed by atoms with Crippen LogP contribution in [0.3, 0.4) is 0 Å². The minimum atomic E-state index is -3.85. The summed E-state index contributed by atoms with van der Waals surface area (Å²) >= 11 is 0. The van der Waals surface area contributed by atoms with Crippen molar-refractivity contribution in [3.63, 3.8) is 0 Å². The first-order valence-electron chi connectivity index (χ1n) is 8.56. The summed E-state index contributed by atoms with van der Waals surface area (Å²) in [6.07, 6.45) is 0.398. The Morgan fingerprint density at radius 1 is 1.10 bits per heavy atom. The van der Waals surface area contributed by atoms with E-state index in [1.54, 1.807) is 24.3 Å². The molecule has 1 aliphatic heterocycles. The van der Waals surface area contributed by atoms with E-state index in [4.69, 9.17) is 4.42 Å². The highest BCUT2D eigenvalue weighted by Gasteiger charge is 2.28. The number of nitrogens with one attached hydrogen (secondary N) is 3. The summed E-state index contributed by atoms with van der Waals surface area (Å²) in [5, 5.41) is 8.65. The van der Waals surface area contributed by atoms with Crippen molar-refractivity contribution < 1.29 is 17.6 Å². The summed E-state index contributed by atoms with van der Waals surface area (Å²) in [5.74, 6) is -1.45. The van der Waals surface area contributed by atoms with Gasteiger partial charge in [-0.2, -0.15) is 0 Å². The molecule has 0 spiro atoms. The number of aliphatic imine (C=N–C) groups is 1. The number of hydrogen-bond acceptors (Lipinski definition) is 7. The molecule has 0 unspecified atom stereocenters. The molecule has 29 heavy (non-hydrogen) atoms. The van der Waals surface area contributed by atoms with Crippen LogP contribution in [0.25, 0.3) is 11.5 Å². The highest BCUT2D eigenvalue weighted by Crippen LogP contribution is 2.26. The molecule has 2 heterocycles. The number of amidine groups is 1. The smallest absolute Gasteiger partial charge is 0.388 e. The van der Waals surface area contributed by atoms with E-state index in [2.05, 4.69) is 25.2 Å². The molecular weight excluding hydrogens is 398 g/mol. The number of hydrogen-bond donors (Lipinski definition) is 3. The standard InChI is InChI=1S/C18H15N5O5S/c24-16(15-20-13-7-3-4-8-14(13)29(26,27)23-15)19-10-9-11-5-1-2-6-12(11)17-21-22-18(25)28-17/h1-8H,9-10H2,(H,19,24)(H,20,23)(H,22,25). The zero-order chi connectivity index (χ0) is 20.4. The minimum Gasteiger partial charge on any atom is -0.388 e. The molecule has 0 radical (unpaired) electrons. The summed E-state index contributed by atoms with van der Waals surface area (Å²) in [7, 11) is -3.85. The molecule has 0 bridgehead atoms. The number of benzene rings is 2. The van der Waals surface area contributed by atoms with E-state index < -0.39 is 21.7 Å². The maximum absolute atomic E-state index is 12.4. The van der Waals surface area contributed by atoms with Crippen LogP contribution in [0.1, 0.15) is 5.56 Å². The normalized spacial score (nSPS) is 14.4. The monoisotopic (exact) mass is 413 g/mol. The summed E-state index contributed by atoms with van der Waals surface area (Å²) in [6.45, 7) is 0.201. The second-order valence-corrected chi connectivity index (χ2v) is 7.77. The van der Waals surface area contributed by atoms with Gasteiger partial charge in [-0.1, -0.05) is 30.3 Å². The van der Waals surface area contributed by atoms with Crippen molar-refractivity contribution >= 4 is 27.5 Å². The van der Waals surface area contributed by atoms with Gasteiger partial charge in [-0.05, 0) is 30.2 Å². The number of sulfonamides is 1. The molecule has 3 aromatic rings. The zero-order valence-electron chi connectivity index (χ0n) is 14.9. The summed E-state index contributed by atoms with van der Waals surface area (Å²) in [5.41, 5.74) is 1.61. The number of carbonyl (C=O) groups excluding carboxylic acids is 1. The summed E-state index contributed by atoms with van der Waals surface area (Å²) < 4.78 is 31.7. The zero-order valence-corrected chi connectivity index (χ0v) is 15.7. The Kier molecular flexibility index (Phi) is 4.72. The maximum atomic E-state index is 12.4. The molecule has 11 heteroatoms. The van der Waals surface area contributed by atoms with E-state index in [1.165, 1.54) is 12.1 Å². The highest BCUT2D eigenvalue weighted by molar-refractivity contribution is 7.90. The average Bonchev–Trinajstić information content (AvgIpc) is 3.14. The Hall–Kier alpha value is -3.73. The first-order chi connectivity index (χ1) is 13.9.